The molecule has 0 bridgehead atoms. The summed E-state index contributed by atoms with van der Waals surface area (Å²) in [5.74, 6) is 0. The maximum absolute atomic E-state index is 9.37. The van der Waals surface area contributed by atoms with Gasteiger partial charge in [-0.05, 0) is 0 Å². The van der Waals surface area contributed by atoms with Crippen molar-refractivity contribution >= 4 is 50.0 Å². The molecule has 0 heterocycles. The standard InChI is InChI=1S/CH3BOP.CHCl3/c1-4(2)3;2-1(3)4/h1H3;1H/q+1;. The molecule has 1 unspecified atom stereocenters. The lowest BCUT2D eigenvalue weighted by atomic mass is 10.8. The Morgan fingerprint density at radius 3 is 1.50 bits per heavy atom. The maximum atomic E-state index is 9.37. The van der Waals surface area contributed by atoms with Gasteiger partial charge in [0, 0.05) is 0 Å². The second kappa shape index (κ2) is 8.03. The van der Waals surface area contributed by atoms with Crippen molar-refractivity contribution in [1.82, 2.24) is 0 Å². The van der Waals surface area contributed by atoms with Gasteiger partial charge in [0.1, 0.15) is 6.66 Å². The first-order chi connectivity index (χ1) is 3.46. The summed E-state index contributed by atoms with van der Waals surface area (Å²) in [5.41, 5.74) is 0. The predicted octanol–water partition coefficient (Wildman–Crippen LogP) is 2.51. The van der Waals surface area contributed by atoms with Crippen LogP contribution in [0.1, 0.15) is 0 Å². The number of hydrogen-bond donors (Lipinski definition) is 0. The summed E-state index contributed by atoms with van der Waals surface area (Å²) in [7, 11) is 3.25. The molecule has 0 aromatic rings. The largest absolute Gasteiger partial charge is 0.502 e. The second-order valence-electron chi connectivity index (χ2n) is 0.794. The van der Waals surface area contributed by atoms with Crippen molar-refractivity contribution in [2.24, 2.45) is 0 Å². The molecule has 46 valence electrons. The van der Waals surface area contributed by atoms with Gasteiger partial charge >= 0.3 is 7.57 Å². The molecule has 0 rings (SSSR count). The van der Waals surface area contributed by atoms with E-state index in [1.807, 2.05) is 0 Å². The van der Waals surface area contributed by atoms with E-state index in [2.05, 4.69) is 7.57 Å². The van der Waals surface area contributed by atoms with Gasteiger partial charge < -0.3 is 0 Å². The Hall–Kier alpha value is 1.03. The molecule has 0 aromatic heterocycles. The highest BCUT2D eigenvalue weighted by atomic mass is 35.6. The Morgan fingerprint density at radius 2 is 1.50 bits per heavy atom. The van der Waals surface area contributed by atoms with Gasteiger partial charge in [0.2, 0.25) is 0 Å². The van der Waals surface area contributed by atoms with Gasteiger partial charge in [0.25, 0.3) is 7.68 Å². The summed E-state index contributed by atoms with van der Waals surface area (Å²) >= 11 is 14.4. The highest BCUT2D eigenvalue weighted by Crippen LogP contribution is 2.03. The average Bonchev–Trinajstić information content (AvgIpc) is 1.25. The molecule has 6 heteroatoms. The molecule has 0 N–H and O–H groups in total. The number of alkyl halides is 3. The highest BCUT2D eigenvalue weighted by Gasteiger charge is 1.84. The molecule has 1 atom stereocenters. The SMILES string of the molecule is ClC(Cl)Cl.[B][P+](C)=O. The monoisotopic (exact) mass is 191 g/mol. The molecule has 1 nitrogen and oxygen atoms in total. The van der Waals surface area contributed by atoms with E-state index in [4.69, 9.17) is 34.8 Å². The zero-order chi connectivity index (χ0) is 7.15. The van der Waals surface area contributed by atoms with Crippen LogP contribution in [-0.4, -0.2) is 18.5 Å². The van der Waals surface area contributed by atoms with Crippen molar-refractivity contribution in [3.63, 3.8) is 0 Å². The zero-order valence-corrected chi connectivity index (χ0v) is 7.31. The number of halogens is 3. The van der Waals surface area contributed by atoms with E-state index >= 15 is 0 Å². The van der Waals surface area contributed by atoms with Crippen LogP contribution in [0.2, 0.25) is 0 Å². The molecule has 0 saturated heterocycles. The molecule has 0 saturated carbocycles. The first-order valence-electron chi connectivity index (χ1n) is 1.54. The maximum Gasteiger partial charge on any atom is 0.502 e. The summed E-state index contributed by atoms with van der Waals surface area (Å²) in [6, 6.07) is 0. The quantitative estimate of drug-likeness (QED) is 0.327. The molecule has 0 fully saturated rings. The molecule has 0 aromatic carbocycles. The van der Waals surface area contributed by atoms with E-state index < -0.39 is 12.0 Å². The van der Waals surface area contributed by atoms with Crippen molar-refractivity contribution < 1.29 is 4.57 Å². The van der Waals surface area contributed by atoms with Crippen LogP contribution in [0.4, 0.5) is 0 Å². The Morgan fingerprint density at radius 1 is 1.50 bits per heavy atom. The Balaban J connectivity index is 0. The second-order valence-corrected chi connectivity index (χ2v) is 3.87. The van der Waals surface area contributed by atoms with Gasteiger partial charge in [-0.1, -0.05) is 34.8 Å². The van der Waals surface area contributed by atoms with Crippen LogP contribution in [-0.2, 0) is 4.57 Å². The van der Waals surface area contributed by atoms with Crippen LogP contribution in [0.15, 0.2) is 0 Å². The van der Waals surface area contributed by atoms with Gasteiger partial charge in [0.15, 0.2) is 4.30 Å². The van der Waals surface area contributed by atoms with Crippen molar-refractivity contribution in [2.45, 2.75) is 4.30 Å². The van der Waals surface area contributed by atoms with Gasteiger partial charge in [-0.15, -0.1) is 4.57 Å². The fraction of sp³-hybridized carbons (Fsp3) is 1.00. The fourth-order valence-corrected chi connectivity index (χ4v) is 0. The van der Waals surface area contributed by atoms with E-state index in [-0.39, 0.29) is 0 Å². The van der Waals surface area contributed by atoms with Gasteiger partial charge in [-0.2, -0.15) is 0 Å². The summed E-state index contributed by atoms with van der Waals surface area (Å²) in [5, 5.41) is 0. The first kappa shape index (κ1) is 11.8. The number of hydrogen-bond acceptors (Lipinski definition) is 1. The minimum Gasteiger partial charge on any atom is -0.100 e. The van der Waals surface area contributed by atoms with E-state index in [9.17, 15) is 4.57 Å². The van der Waals surface area contributed by atoms with E-state index in [1.54, 1.807) is 0 Å². The molecule has 2 radical (unpaired) electrons. The Labute approximate surface area is 65.8 Å². The van der Waals surface area contributed by atoms with Gasteiger partial charge in [0.05, 0.1) is 0 Å². The minimum atomic E-state index is -1.37. The summed E-state index contributed by atoms with van der Waals surface area (Å²) in [6.07, 6.45) is 0. The van der Waals surface area contributed by atoms with Gasteiger partial charge in [-0.25, -0.2) is 0 Å². The lowest BCUT2D eigenvalue weighted by Crippen LogP contribution is -1.55. The normalized spacial score (nSPS) is 9.88. The third-order valence-electron chi connectivity index (χ3n) is 0. The predicted molar refractivity (Wildman–Crippen MR) is 40.6 cm³/mol. The van der Waals surface area contributed by atoms with E-state index in [0.717, 1.165) is 0 Å². The van der Waals surface area contributed by atoms with Crippen LogP contribution in [0.25, 0.3) is 0 Å². The summed E-state index contributed by atoms with van der Waals surface area (Å²) in [6.45, 7) is 1.45. The molecular formula is C2H4BCl3OP+. The van der Waals surface area contributed by atoms with Crippen molar-refractivity contribution in [3.05, 3.63) is 0 Å². The zero-order valence-electron chi connectivity index (χ0n) is 4.14. The summed E-state index contributed by atoms with van der Waals surface area (Å²) < 4.78 is 8.62. The van der Waals surface area contributed by atoms with Crippen LogP contribution in [0, 0.1) is 0 Å². The third kappa shape index (κ3) is 239. The lowest BCUT2D eigenvalue weighted by Gasteiger charge is -1.69. The molecule has 0 amide bonds. The minimum absolute atomic E-state index is 0.750. The van der Waals surface area contributed by atoms with Crippen LogP contribution in [0.5, 0.6) is 0 Å². The summed E-state index contributed by atoms with van der Waals surface area (Å²) in [4.78, 5) is 0. The van der Waals surface area contributed by atoms with Crippen LogP contribution >= 0.6 is 42.5 Å². The molecule has 0 spiro atoms. The number of rotatable bonds is 0. The van der Waals surface area contributed by atoms with Crippen LogP contribution < -0.4 is 0 Å². The molecular weight excluding hydrogens is 188 g/mol. The molecule has 0 aliphatic carbocycles. The van der Waals surface area contributed by atoms with Crippen molar-refractivity contribution in [3.8, 4) is 0 Å². The third-order valence-corrected chi connectivity index (χ3v) is 0. The van der Waals surface area contributed by atoms with E-state index in [0.29, 0.717) is 0 Å². The topological polar surface area (TPSA) is 17.1 Å². The smallest absolute Gasteiger partial charge is 0.100 e. The molecule has 0 aliphatic heterocycles. The Kier molecular flexibility index (Phi) is 11.8. The van der Waals surface area contributed by atoms with Crippen molar-refractivity contribution in [2.75, 3.05) is 6.66 Å². The average molecular weight is 192 g/mol. The molecule has 8 heavy (non-hydrogen) atoms. The lowest BCUT2D eigenvalue weighted by molar-refractivity contribution is 0.598. The highest BCUT2D eigenvalue weighted by molar-refractivity contribution is 7.71. The Bertz CT molecular complexity index is 61.5. The van der Waals surface area contributed by atoms with Crippen molar-refractivity contribution in [1.29, 1.82) is 0 Å². The van der Waals surface area contributed by atoms with Crippen LogP contribution in [0.3, 0.4) is 0 Å². The van der Waals surface area contributed by atoms with E-state index in [1.165, 1.54) is 6.66 Å². The first-order valence-corrected chi connectivity index (χ1v) is 4.63. The molecule has 0 aliphatic rings. The fourth-order valence-electron chi connectivity index (χ4n) is 0. The van der Waals surface area contributed by atoms with Gasteiger partial charge in [-0.3, -0.25) is 0 Å².